The summed E-state index contributed by atoms with van der Waals surface area (Å²) in [5, 5.41) is 6.11. The standard InChI is InChI=1S/C16H30N4O2/c1-16(2,3)10-14(21)18-11-15(22)20-7-4-13(12-20)19-8-5-17-6-9-19/h13,17H,4-12H2,1-3H3,(H,18,21). The Labute approximate surface area is 133 Å². The second-order valence-electron chi connectivity index (χ2n) is 7.58. The van der Waals surface area contributed by atoms with Crippen LogP contribution in [0.5, 0.6) is 0 Å². The van der Waals surface area contributed by atoms with Gasteiger partial charge in [-0.1, -0.05) is 20.8 Å². The summed E-state index contributed by atoms with van der Waals surface area (Å²) in [5.74, 6) is -0.00130. The zero-order valence-corrected chi connectivity index (χ0v) is 14.2. The van der Waals surface area contributed by atoms with Gasteiger partial charge >= 0.3 is 0 Å². The van der Waals surface area contributed by atoms with E-state index in [-0.39, 0.29) is 23.8 Å². The lowest BCUT2D eigenvalue weighted by molar-refractivity contribution is -0.132. The van der Waals surface area contributed by atoms with Crippen LogP contribution in [0.1, 0.15) is 33.6 Å². The van der Waals surface area contributed by atoms with Gasteiger partial charge in [-0.3, -0.25) is 14.5 Å². The van der Waals surface area contributed by atoms with Crippen LogP contribution in [0, 0.1) is 5.41 Å². The van der Waals surface area contributed by atoms with E-state index in [1.807, 2.05) is 25.7 Å². The van der Waals surface area contributed by atoms with Gasteiger partial charge in [-0.05, 0) is 11.8 Å². The van der Waals surface area contributed by atoms with Crippen LogP contribution in [0.3, 0.4) is 0 Å². The number of hydrogen-bond acceptors (Lipinski definition) is 4. The van der Waals surface area contributed by atoms with Crippen molar-refractivity contribution in [1.82, 2.24) is 20.4 Å². The minimum Gasteiger partial charge on any atom is -0.347 e. The molecule has 0 aromatic rings. The highest BCUT2D eigenvalue weighted by molar-refractivity contribution is 5.85. The highest BCUT2D eigenvalue weighted by atomic mass is 16.2. The highest BCUT2D eigenvalue weighted by Gasteiger charge is 2.30. The smallest absolute Gasteiger partial charge is 0.242 e. The molecule has 6 heteroatoms. The maximum absolute atomic E-state index is 12.2. The minimum absolute atomic E-state index is 0.0416. The fraction of sp³-hybridized carbons (Fsp3) is 0.875. The van der Waals surface area contributed by atoms with Crippen molar-refractivity contribution in [2.45, 2.75) is 39.7 Å². The Bertz CT molecular complexity index is 399. The van der Waals surface area contributed by atoms with E-state index >= 15 is 0 Å². The Morgan fingerprint density at radius 3 is 2.50 bits per heavy atom. The van der Waals surface area contributed by atoms with Gasteiger partial charge in [0.15, 0.2) is 0 Å². The van der Waals surface area contributed by atoms with E-state index in [4.69, 9.17) is 0 Å². The molecule has 0 spiro atoms. The number of rotatable bonds is 4. The van der Waals surface area contributed by atoms with Crippen molar-refractivity contribution in [2.75, 3.05) is 45.8 Å². The van der Waals surface area contributed by atoms with E-state index in [0.717, 1.165) is 45.7 Å². The largest absolute Gasteiger partial charge is 0.347 e. The third-order valence-corrected chi connectivity index (χ3v) is 4.31. The van der Waals surface area contributed by atoms with Crippen molar-refractivity contribution in [3.63, 3.8) is 0 Å². The Morgan fingerprint density at radius 1 is 1.18 bits per heavy atom. The van der Waals surface area contributed by atoms with Gasteiger partial charge in [0.2, 0.25) is 11.8 Å². The third kappa shape index (κ3) is 5.25. The molecule has 2 rings (SSSR count). The van der Waals surface area contributed by atoms with E-state index in [2.05, 4.69) is 15.5 Å². The molecule has 6 nitrogen and oxygen atoms in total. The first-order chi connectivity index (χ1) is 10.3. The van der Waals surface area contributed by atoms with Crippen molar-refractivity contribution in [2.24, 2.45) is 5.41 Å². The molecule has 0 saturated carbocycles. The SMILES string of the molecule is CC(C)(C)CC(=O)NCC(=O)N1CCC(N2CCNCC2)C1. The van der Waals surface area contributed by atoms with Gasteiger partial charge in [0.05, 0.1) is 6.54 Å². The maximum atomic E-state index is 12.2. The highest BCUT2D eigenvalue weighted by Crippen LogP contribution is 2.18. The van der Waals surface area contributed by atoms with Crippen molar-refractivity contribution < 1.29 is 9.59 Å². The van der Waals surface area contributed by atoms with Crippen molar-refractivity contribution in [1.29, 1.82) is 0 Å². The van der Waals surface area contributed by atoms with Crippen LogP contribution in [0.2, 0.25) is 0 Å². The van der Waals surface area contributed by atoms with Gasteiger partial charge in [-0.2, -0.15) is 0 Å². The molecule has 2 heterocycles. The van der Waals surface area contributed by atoms with Crippen LogP contribution in [-0.4, -0.2) is 73.5 Å². The van der Waals surface area contributed by atoms with Gasteiger partial charge < -0.3 is 15.5 Å². The normalized spacial score (nSPS) is 23.6. The first kappa shape index (κ1) is 17.2. The lowest BCUT2D eigenvalue weighted by Crippen LogP contribution is -2.49. The fourth-order valence-electron chi connectivity index (χ4n) is 3.14. The summed E-state index contributed by atoms with van der Waals surface area (Å²) < 4.78 is 0. The van der Waals surface area contributed by atoms with Gasteiger partial charge in [0.1, 0.15) is 0 Å². The van der Waals surface area contributed by atoms with Gasteiger partial charge in [-0.25, -0.2) is 0 Å². The predicted octanol–water partition coefficient (Wildman–Crippen LogP) is 0.0449. The number of hydrogen-bond donors (Lipinski definition) is 2. The average Bonchev–Trinajstić information content (AvgIpc) is 2.94. The van der Waals surface area contributed by atoms with E-state index in [1.54, 1.807) is 0 Å². The zero-order valence-electron chi connectivity index (χ0n) is 14.2. The number of nitrogens with one attached hydrogen (secondary N) is 2. The van der Waals surface area contributed by atoms with Crippen LogP contribution < -0.4 is 10.6 Å². The van der Waals surface area contributed by atoms with Gasteiger partial charge in [0, 0.05) is 51.7 Å². The van der Waals surface area contributed by atoms with Crippen molar-refractivity contribution in [3.05, 3.63) is 0 Å². The molecule has 126 valence electrons. The summed E-state index contributed by atoms with van der Waals surface area (Å²) in [4.78, 5) is 28.4. The number of amides is 2. The summed E-state index contributed by atoms with van der Waals surface area (Å²) >= 11 is 0. The van der Waals surface area contributed by atoms with Crippen LogP contribution in [0.15, 0.2) is 0 Å². The molecule has 0 aliphatic carbocycles. The molecule has 0 aromatic heterocycles. The molecule has 22 heavy (non-hydrogen) atoms. The van der Waals surface area contributed by atoms with Crippen LogP contribution in [-0.2, 0) is 9.59 Å². The molecule has 2 aliphatic heterocycles. The van der Waals surface area contributed by atoms with Crippen molar-refractivity contribution in [3.8, 4) is 0 Å². The Morgan fingerprint density at radius 2 is 1.86 bits per heavy atom. The molecule has 0 bridgehead atoms. The van der Waals surface area contributed by atoms with Gasteiger partial charge in [-0.15, -0.1) is 0 Å². The molecule has 0 radical (unpaired) electrons. The summed E-state index contributed by atoms with van der Waals surface area (Å²) in [5.41, 5.74) is -0.0475. The summed E-state index contributed by atoms with van der Waals surface area (Å²) in [6.07, 6.45) is 1.49. The van der Waals surface area contributed by atoms with Crippen LogP contribution in [0.4, 0.5) is 0 Å². The molecule has 0 aromatic carbocycles. The Kier molecular flexibility index (Phi) is 5.81. The van der Waals surface area contributed by atoms with Crippen LogP contribution in [0.25, 0.3) is 0 Å². The third-order valence-electron chi connectivity index (χ3n) is 4.31. The first-order valence-electron chi connectivity index (χ1n) is 8.34. The molecule has 2 N–H and O–H groups in total. The van der Waals surface area contributed by atoms with Crippen LogP contribution >= 0.6 is 0 Å². The second kappa shape index (κ2) is 7.42. The van der Waals surface area contributed by atoms with E-state index in [1.165, 1.54) is 0 Å². The quantitative estimate of drug-likeness (QED) is 0.770. The molecule has 1 unspecified atom stereocenters. The topological polar surface area (TPSA) is 64.7 Å². The summed E-state index contributed by atoms with van der Waals surface area (Å²) in [7, 11) is 0. The monoisotopic (exact) mass is 310 g/mol. The molecule has 1 atom stereocenters. The predicted molar refractivity (Wildman–Crippen MR) is 86.5 cm³/mol. The lowest BCUT2D eigenvalue weighted by Gasteiger charge is -2.32. The average molecular weight is 310 g/mol. The molecule has 2 aliphatic rings. The Balaban J connectivity index is 1.71. The Hall–Kier alpha value is -1.14. The molecule has 2 saturated heterocycles. The maximum Gasteiger partial charge on any atom is 0.242 e. The summed E-state index contributed by atoms with van der Waals surface area (Å²) in [6.45, 7) is 12.0. The number of piperazine rings is 1. The van der Waals surface area contributed by atoms with E-state index in [9.17, 15) is 9.59 Å². The molecular formula is C16H30N4O2. The lowest BCUT2D eigenvalue weighted by atomic mass is 9.92. The minimum atomic E-state index is -0.0475. The number of nitrogens with zero attached hydrogens (tertiary/aromatic N) is 2. The molecule has 2 amide bonds. The van der Waals surface area contributed by atoms with Crippen molar-refractivity contribution >= 4 is 11.8 Å². The van der Waals surface area contributed by atoms with E-state index in [0.29, 0.717) is 12.5 Å². The zero-order chi connectivity index (χ0) is 16.2. The summed E-state index contributed by atoms with van der Waals surface area (Å²) in [6, 6.07) is 0.483. The molecule has 2 fully saturated rings. The van der Waals surface area contributed by atoms with E-state index < -0.39 is 0 Å². The van der Waals surface area contributed by atoms with Gasteiger partial charge in [0.25, 0.3) is 0 Å². The number of carbonyl (C=O) groups excluding carboxylic acids is 2. The number of likely N-dealkylation sites (tertiary alicyclic amines) is 1. The number of carbonyl (C=O) groups is 2. The second-order valence-corrected chi connectivity index (χ2v) is 7.58. The first-order valence-corrected chi connectivity index (χ1v) is 8.34. The fourth-order valence-corrected chi connectivity index (χ4v) is 3.14. The molecular weight excluding hydrogens is 280 g/mol.